The molecular weight excluding hydrogens is 427 g/mol. The maximum Gasteiger partial charge on any atom is -1.00 e. The molecule has 1 aliphatic carbocycles. The average Bonchev–Trinajstić information content (AvgIpc) is 2.50. The van der Waals surface area contributed by atoms with Crippen molar-refractivity contribution in [2.45, 2.75) is 112 Å². The largest absolute Gasteiger partial charge is 1.00 e. The smallest absolute Gasteiger partial charge is 1.00 e. The van der Waals surface area contributed by atoms with Crippen LogP contribution in [0.25, 0.3) is 0 Å². The van der Waals surface area contributed by atoms with E-state index >= 15 is 0 Å². The minimum absolute atomic E-state index is 0. The topological polar surface area (TPSA) is 23.1 Å². The van der Waals surface area contributed by atoms with E-state index in [4.69, 9.17) is 0 Å². The molecule has 0 heterocycles. The van der Waals surface area contributed by atoms with E-state index < -0.39 is 8.32 Å². The molecule has 0 aromatic rings. The molecule has 0 aromatic carbocycles. The van der Waals surface area contributed by atoms with E-state index in [1.807, 2.05) is 0 Å². The average molecular weight is 469 g/mol. The van der Waals surface area contributed by atoms with Crippen molar-refractivity contribution in [3.63, 3.8) is 0 Å². The Bertz CT molecular complexity index is 509. The third-order valence-electron chi connectivity index (χ3n) is 6.23. The molecule has 0 unspecified atom stereocenters. The summed E-state index contributed by atoms with van der Waals surface area (Å²) in [6.07, 6.45) is 0. The molecule has 0 spiro atoms. The Labute approximate surface area is 195 Å². The maximum atomic E-state index is 13.3. The van der Waals surface area contributed by atoms with Crippen molar-refractivity contribution in [1.82, 2.24) is 0 Å². The molecule has 5 heteroatoms. The fraction of sp³-hybridized carbons (Fsp3) is 0.818. The molecule has 0 saturated carbocycles. The summed E-state index contributed by atoms with van der Waals surface area (Å²) < 4.78 is 1.53. The van der Waals surface area contributed by atoms with Gasteiger partial charge in [0.05, 0.1) is 0 Å². The second kappa shape index (κ2) is 9.84. The number of hydrogen-bond acceptors (Lipinski definition) is 1. The quantitative estimate of drug-likeness (QED) is 0.484. The fourth-order valence-electron chi connectivity index (χ4n) is 4.97. The first-order chi connectivity index (χ1) is 10.6. The van der Waals surface area contributed by atoms with Crippen LogP contribution >= 0.6 is 0 Å². The third kappa shape index (κ3) is 6.22. The molecule has 0 fully saturated rings. The van der Waals surface area contributed by atoms with E-state index in [9.17, 15) is 4.80 Å². The van der Waals surface area contributed by atoms with E-state index in [-0.39, 0.29) is 39.9 Å². The van der Waals surface area contributed by atoms with Gasteiger partial charge in [-0.15, -0.1) is 0 Å². The van der Waals surface area contributed by atoms with E-state index in [1.54, 1.807) is 0 Å². The van der Waals surface area contributed by atoms with Gasteiger partial charge in [0, 0.05) is 0 Å². The summed E-state index contributed by atoms with van der Waals surface area (Å²) in [4.78, 5) is 13.3. The first-order valence-corrected chi connectivity index (χ1v) is 12.1. The fourth-order valence-corrected chi connectivity index (χ4v) is 12.3. The van der Waals surface area contributed by atoms with Crippen LogP contribution in [-0.4, -0.2) is 8.32 Å². The SMILES string of the molecule is CC(C)(C)[Si]([O-])(C(C)(C)C)C(C)(C)C.CC1=C(C)C(C)(C)[C]([Ti+3])=C1C.[Cl-].[Cl-]. The zero-order valence-corrected chi connectivity index (χ0v) is 24.2. The molecule has 1 aliphatic rings. The van der Waals surface area contributed by atoms with E-state index in [0.29, 0.717) is 5.41 Å². The van der Waals surface area contributed by atoms with Gasteiger partial charge in [0.2, 0.25) is 0 Å². The zero-order valence-electron chi connectivity index (χ0n) is 20.2. The molecule has 158 valence electrons. The van der Waals surface area contributed by atoms with Gasteiger partial charge < -0.3 is 29.6 Å². The zero-order chi connectivity index (χ0) is 20.8. The van der Waals surface area contributed by atoms with Crippen LogP contribution in [0.5, 0.6) is 0 Å². The van der Waals surface area contributed by atoms with Crippen molar-refractivity contribution >= 4 is 8.32 Å². The molecular formula is C22H42Cl2OSiTi. The number of hydrogen-bond donors (Lipinski definition) is 0. The van der Waals surface area contributed by atoms with Crippen molar-refractivity contribution in [2.24, 2.45) is 5.41 Å². The molecule has 0 radical (unpaired) electrons. The van der Waals surface area contributed by atoms with Gasteiger partial charge in [-0.05, 0) is 8.32 Å². The summed E-state index contributed by atoms with van der Waals surface area (Å²) in [6.45, 7) is 30.3. The Kier molecular flexibility index (Phi) is 11.9. The Morgan fingerprint density at radius 2 is 0.963 bits per heavy atom. The Hall–Kier alpha value is 0.951. The van der Waals surface area contributed by atoms with Crippen molar-refractivity contribution in [3.8, 4) is 0 Å². The molecule has 0 aliphatic heterocycles. The second-order valence-electron chi connectivity index (χ2n) is 11.3. The molecule has 1 nitrogen and oxygen atoms in total. The molecule has 0 N–H and O–H groups in total. The van der Waals surface area contributed by atoms with Gasteiger partial charge in [-0.1, -0.05) is 77.4 Å². The second-order valence-corrected chi connectivity index (χ2v) is 17.9. The minimum Gasteiger partial charge on any atom is -1.00 e. The van der Waals surface area contributed by atoms with Crippen LogP contribution in [0, 0.1) is 5.41 Å². The van der Waals surface area contributed by atoms with Crippen LogP contribution in [0.1, 0.15) is 96.9 Å². The number of halogens is 2. The number of allylic oxidation sites excluding steroid dienone is 4. The van der Waals surface area contributed by atoms with Crippen LogP contribution in [0.4, 0.5) is 0 Å². The van der Waals surface area contributed by atoms with E-state index in [1.165, 1.54) is 20.6 Å². The van der Waals surface area contributed by atoms with Crippen LogP contribution in [-0.2, 0) is 20.4 Å². The maximum absolute atomic E-state index is 13.3. The molecule has 0 amide bonds. The Morgan fingerprint density at radius 1 is 0.704 bits per heavy atom. The van der Waals surface area contributed by atoms with Gasteiger partial charge in [0.15, 0.2) is 0 Å². The van der Waals surface area contributed by atoms with Crippen molar-refractivity contribution in [1.29, 1.82) is 0 Å². The first-order valence-electron chi connectivity index (χ1n) is 9.45. The van der Waals surface area contributed by atoms with E-state index in [2.05, 4.69) is 117 Å². The Morgan fingerprint density at radius 3 is 1.00 bits per heavy atom. The molecule has 0 saturated heterocycles. The van der Waals surface area contributed by atoms with Crippen LogP contribution < -0.4 is 29.6 Å². The summed E-state index contributed by atoms with van der Waals surface area (Å²) >= 11 is 2.25. The molecule has 27 heavy (non-hydrogen) atoms. The predicted octanol–water partition coefficient (Wildman–Crippen LogP) is 0.884. The van der Waals surface area contributed by atoms with Crippen molar-refractivity contribution < 1.29 is 50.0 Å². The summed E-state index contributed by atoms with van der Waals surface area (Å²) in [5, 5.41) is -0.281. The van der Waals surface area contributed by atoms with Gasteiger partial charge >= 0.3 is 81.1 Å². The van der Waals surface area contributed by atoms with Crippen LogP contribution in [0.2, 0.25) is 15.1 Å². The molecule has 0 bridgehead atoms. The number of rotatable bonds is 0. The monoisotopic (exact) mass is 468 g/mol. The van der Waals surface area contributed by atoms with Crippen LogP contribution in [0.15, 0.2) is 20.6 Å². The Balaban J connectivity index is -0.000000405. The van der Waals surface area contributed by atoms with Gasteiger partial charge in [0.1, 0.15) is 0 Å². The summed E-state index contributed by atoms with van der Waals surface area (Å²) in [7, 11) is -2.60. The normalized spacial score (nSPS) is 17.8. The third-order valence-corrected chi connectivity index (χ3v) is 14.1. The van der Waals surface area contributed by atoms with Gasteiger partial charge in [0.25, 0.3) is 0 Å². The van der Waals surface area contributed by atoms with Gasteiger partial charge in [-0.2, -0.15) is 0 Å². The summed E-state index contributed by atoms with van der Waals surface area (Å²) in [5.41, 5.74) is 4.83. The summed E-state index contributed by atoms with van der Waals surface area (Å²) in [5.74, 6) is 0. The van der Waals surface area contributed by atoms with Crippen molar-refractivity contribution in [3.05, 3.63) is 20.6 Å². The molecule has 1 rings (SSSR count). The standard InChI is InChI=1S/C12H27OSi.C10H15.2ClH.Ti/c1-10(2,3)14(13,11(4,5)6)12(7,8)9;1-7-6-10(4,5)9(3)8(7)2;;;/h1-9H3;1-5H3;2*1H;/q-1;;;;+3/p-2. The molecule has 0 atom stereocenters. The first kappa shape index (κ1) is 32.6. The van der Waals surface area contributed by atoms with E-state index in [0.717, 1.165) is 0 Å². The summed E-state index contributed by atoms with van der Waals surface area (Å²) in [6, 6.07) is 0. The predicted molar refractivity (Wildman–Crippen MR) is 110 cm³/mol. The molecule has 0 aromatic heterocycles. The minimum atomic E-state index is -2.60. The van der Waals surface area contributed by atoms with Gasteiger partial charge in [-0.3, -0.25) is 0 Å². The van der Waals surface area contributed by atoms with Crippen LogP contribution in [0.3, 0.4) is 0 Å². The van der Waals surface area contributed by atoms with Gasteiger partial charge in [-0.25, -0.2) is 0 Å². The van der Waals surface area contributed by atoms with Crippen molar-refractivity contribution in [2.75, 3.05) is 0 Å².